The topological polar surface area (TPSA) is 69.6 Å². The Kier molecular flexibility index (Phi) is 6.99. The number of likely N-dealkylation sites (tertiary alicyclic amines) is 1. The molecule has 6 heteroatoms. The van der Waals surface area contributed by atoms with Crippen molar-refractivity contribution < 1.29 is 14.7 Å². The normalized spacial score (nSPS) is 24.8. The highest BCUT2D eigenvalue weighted by atomic mass is 35.5. The number of phenolic OH excluding ortho intramolecular Hbond substituents is 1. The number of carbonyl (C=O) groups is 2. The van der Waals surface area contributed by atoms with Gasteiger partial charge in [0.25, 0.3) is 5.91 Å². The van der Waals surface area contributed by atoms with Crippen molar-refractivity contribution in [1.29, 1.82) is 0 Å². The lowest BCUT2D eigenvalue weighted by molar-refractivity contribution is -0.141. The van der Waals surface area contributed by atoms with Crippen LogP contribution >= 0.6 is 11.6 Å². The predicted octanol–water partition coefficient (Wildman–Crippen LogP) is 5.38. The largest absolute Gasteiger partial charge is 0.508 e. The maximum absolute atomic E-state index is 13.6. The lowest BCUT2D eigenvalue weighted by Gasteiger charge is -2.46. The van der Waals surface area contributed by atoms with Gasteiger partial charge in [-0.3, -0.25) is 9.59 Å². The van der Waals surface area contributed by atoms with Crippen LogP contribution in [0.25, 0.3) is 0 Å². The Morgan fingerprint density at radius 2 is 1.67 bits per heavy atom. The molecule has 5 nitrogen and oxygen atoms in total. The van der Waals surface area contributed by atoms with Crippen molar-refractivity contribution in [3.05, 3.63) is 64.7 Å². The highest BCUT2D eigenvalue weighted by Crippen LogP contribution is 2.43. The number of nitrogens with zero attached hydrogens (tertiary/aromatic N) is 1. The number of benzene rings is 2. The minimum atomic E-state index is -0.184. The van der Waals surface area contributed by atoms with Crippen LogP contribution in [-0.2, 0) is 4.79 Å². The number of piperidine rings is 1. The third kappa shape index (κ3) is 5.35. The van der Waals surface area contributed by atoms with Gasteiger partial charge in [-0.15, -0.1) is 0 Å². The number of phenols is 1. The molecule has 2 N–H and O–H groups in total. The molecule has 176 valence electrons. The third-order valence-electron chi connectivity index (χ3n) is 7.34. The molecule has 2 aromatic carbocycles. The van der Waals surface area contributed by atoms with Gasteiger partial charge in [-0.25, -0.2) is 0 Å². The summed E-state index contributed by atoms with van der Waals surface area (Å²) < 4.78 is 0. The van der Waals surface area contributed by atoms with Crippen LogP contribution in [0.3, 0.4) is 0 Å². The van der Waals surface area contributed by atoms with E-state index in [1.807, 2.05) is 17.0 Å². The highest BCUT2D eigenvalue weighted by molar-refractivity contribution is 6.30. The van der Waals surface area contributed by atoms with E-state index >= 15 is 0 Å². The predicted molar refractivity (Wildman–Crippen MR) is 130 cm³/mol. The van der Waals surface area contributed by atoms with Gasteiger partial charge in [-0.05, 0) is 72.6 Å². The summed E-state index contributed by atoms with van der Waals surface area (Å²) in [6.07, 6.45) is 4.55. The van der Waals surface area contributed by atoms with Crippen molar-refractivity contribution in [2.24, 2.45) is 11.3 Å². The molecule has 0 bridgehead atoms. The van der Waals surface area contributed by atoms with Crippen LogP contribution in [0.2, 0.25) is 5.02 Å². The zero-order valence-electron chi connectivity index (χ0n) is 19.4. The van der Waals surface area contributed by atoms with Gasteiger partial charge >= 0.3 is 0 Å². The maximum atomic E-state index is 13.6. The number of carbonyl (C=O) groups excluding carboxylic acids is 2. The minimum absolute atomic E-state index is 0.0817. The van der Waals surface area contributed by atoms with E-state index in [2.05, 4.69) is 19.2 Å². The van der Waals surface area contributed by atoms with Crippen LogP contribution in [0.1, 0.15) is 67.8 Å². The smallest absolute Gasteiger partial charge is 0.251 e. The second kappa shape index (κ2) is 9.76. The Morgan fingerprint density at radius 3 is 2.33 bits per heavy atom. The fourth-order valence-electron chi connectivity index (χ4n) is 5.56. The van der Waals surface area contributed by atoms with Crippen LogP contribution in [0, 0.1) is 11.3 Å². The Morgan fingerprint density at radius 1 is 1.00 bits per heavy atom. The summed E-state index contributed by atoms with van der Waals surface area (Å²) in [6, 6.07) is 14.2. The SMILES string of the molecule is CC1(C)CN(C(=O)C2CCCCC2NC(=O)c2ccc(Cl)cc2)CCC1c1ccc(O)cc1. The van der Waals surface area contributed by atoms with Crippen molar-refractivity contribution in [2.45, 2.75) is 57.9 Å². The second-order valence-corrected chi connectivity index (χ2v) is 10.6. The monoisotopic (exact) mass is 468 g/mol. The quantitative estimate of drug-likeness (QED) is 0.633. The number of hydrogen-bond acceptors (Lipinski definition) is 3. The molecule has 3 atom stereocenters. The van der Waals surface area contributed by atoms with Gasteiger partial charge in [-0.2, -0.15) is 0 Å². The zero-order valence-corrected chi connectivity index (χ0v) is 20.1. The molecule has 1 heterocycles. The first kappa shape index (κ1) is 23.6. The third-order valence-corrected chi connectivity index (χ3v) is 7.59. The Bertz CT molecular complexity index is 987. The van der Waals surface area contributed by atoms with E-state index in [1.165, 1.54) is 5.56 Å². The Hall–Kier alpha value is -2.53. The van der Waals surface area contributed by atoms with Crippen LogP contribution < -0.4 is 5.32 Å². The van der Waals surface area contributed by atoms with Crippen molar-refractivity contribution in [3.63, 3.8) is 0 Å². The lowest BCUT2D eigenvalue weighted by Crippen LogP contribution is -2.54. The molecule has 0 spiro atoms. The molecule has 1 aliphatic heterocycles. The molecule has 1 saturated carbocycles. The molecule has 4 rings (SSSR count). The average Bonchev–Trinajstić information content (AvgIpc) is 2.79. The fourth-order valence-corrected chi connectivity index (χ4v) is 5.68. The van der Waals surface area contributed by atoms with Gasteiger partial charge in [0.2, 0.25) is 5.91 Å². The molecule has 2 amide bonds. The van der Waals surface area contributed by atoms with E-state index in [0.29, 0.717) is 29.6 Å². The summed E-state index contributed by atoms with van der Waals surface area (Å²) in [5.74, 6) is 0.425. The van der Waals surface area contributed by atoms with Gasteiger partial charge in [0.15, 0.2) is 0 Å². The molecule has 0 aromatic heterocycles. The first-order valence-corrected chi connectivity index (χ1v) is 12.3. The minimum Gasteiger partial charge on any atom is -0.508 e. The first-order chi connectivity index (χ1) is 15.7. The van der Waals surface area contributed by atoms with Crippen LogP contribution in [-0.4, -0.2) is 41.0 Å². The Labute approximate surface area is 201 Å². The van der Waals surface area contributed by atoms with E-state index in [0.717, 1.165) is 32.1 Å². The number of halogens is 1. The van der Waals surface area contributed by atoms with Gasteiger partial charge in [0.05, 0.1) is 5.92 Å². The highest BCUT2D eigenvalue weighted by Gasteiger charge is 2.42. The molecule has 1 aliphatic carbocycles. The summed E-state index contributed by atoms with van der Waals surface area (Å²) in [4.78, 5) is 28.4. The lowest BCUT2D eigenvalue weighted by atomic mass is 9.70. The van der Waals surface area contributed by atoms with Crippen molar-refractivity contribution in [1.82, 2.24) is 10.2 Å². The van der Waals surface area contributed by atoms with E-state index in [-0.39, 0.29) is 34.9 Å². The summed E-state index contributed by atoms with van der Waals surface area (Å²) >= 11 is 5.95. The summed E-state index contributed by atoms with van der Waals surface area (Å²) in [5.41, 5.74) is 1.68. The molecule has 2 aromatic rings. The number of aromatic hydroxyl groups is 1. The second-order valence-electron chi connectivity index (χ2n) is 10.2. The number of hydrogen-bond donors (Lipinski definition) is 2. The number of rotatable bonds is 4. The molecule has 1 saturated heterocycles. The molecular formula is C27H33ClN2O3. The van der Waals surface area contributed by atoms with E-state index in [4.69, 9.17) is 11.6 Å². The van der Waals surface area contributed by atoms with Crippen LogP contribution in [0.5, 0.6) is 5.75 Å². The van der Waals surface area contributed by atoms with Crippen molar-refractivity contribution in [2.75, 3.05) is 13.1 Å². The van der Waals surface area contributed by atoms with E-state index in [1.54, 1.807) is 36.4 Å². The fraction of sp³-hybridized carbons (Fsp3) is 0.481. The van der Waals surface area contributed by atoms with Crippen molar-refractivity contribution in [3.8, 4) is 5.75 Å². The summed E-state index contributed by atoms with van der Waals surface area (Å²) in [5, 5.41) is 13.4. The number of nitrogens with one attached hydrogen (secondary N) is 1. The number of amides is 2. The van der Waals surface area contributed by atoms with E-state index < -0.39 is 0 Å². The van der Waals surface area contributed by atoms with Crippen LogP contribution in [0.15, 0.2) is 48.5 Å². The van der Waals surface area contributed by atoms with Gasteiger partial charge in [0, 0.05) is 29.7 Å². The van der Waals surface area contributed by atoms with Gasteiger partial charge < -0.3 is 15.3 Å². The van der Waals surface area contributed by atoms with Gasteiger partial charge in [0.1, 0.15) is 5.75 Å². The average molecular weight is 469 g/mol. The zero-order chi connectivity index (χ0) is 23.6. The first-order valence-electron chi connectivity index (χ1n) is 11.9. The molecule has 3 unspecified atom stereocenters. The summed E-state index contributed by atoms with van der Waals surface area (Å²) in [7, 11) is 0. The molecule has 2 aliphatic rings. The molecule has 0 radical (unpaired) electrons. The molecule has 2 fully saturated rings. The van der Waals surface area contributed by atoms with Crippen molar-refractivity contribution >= 4 is 23.4 Å². The Balaban J connectivity index is 1.44. The standard InChI is InChI=1S/C27H33ClN2O3/c1-27(2)17-30(16-15-23(27)18-9-13-21(31)14-10-18)26(33)22-5-3-4-6-24(22)29-25(32)19-7-11-20(28)12-8-19/h7-14,22-24,31H,3-6,15-17H2,1-2H3,(H,29,32). The molecular weight excluding hydrogens is 436 g/mol. The van der Waals surface area contributed by atoms with Crippen LogP contribution in [0.4, 0.5) is 0 Å². The summed E-state index contributed by atoms with van der Waals surface area (Å²) in [6.45, 7) is 5.82. The van der Waals surface area contributed by atoms with E-state index in [9.17, 15) is 14.7 Å². The maximum Gasteiger partial charge on any atom is 0.251 e. The van der Waals surface area contributed by atoms with Gasteiger partial charge in [-0.1, -0.05) is 50.4 Å². The molecule has 33 heavy (non-hydrogen) atoms.